The van der Waals surface area contributed by atoms with Crippen LogP contribution in [0, 0.1) is 11.8 Å². The summed E-state index contributed by atoms with van der Waals surface area (Å²) in [6, 6.07) is 6.46. The molecule has 3 heteroatoms. The van der Waals surface area contributed by atoms with Crippen molar-refractivity contribution < 1.29 is 4.74 Å². The van der Waals surface area contributed by atoms with Crippen molar-refractivity contribution in [1.82, 2.24) is 0 Å². The maximum absolute atomic E-state index is 5.76. The van der Waals surface area contributed by atoms with Gasteiger partial charge in [-0.1, -0.05) is 32.9 Å². The second kappa shape index (κ2) is 7.51. The van der Waals surface area contributed by atoms with Crippen molar-refractivity contribution in [2.75, 3.05) is 20.2 Å². The molecule has 0 aliphatic carbocycles. The normalized spacial score (nSPS) is 13.1. The van der Waals surface area contributed by atoms with Crippen LogP contribution < -0.4 is 16.2 Å². The minimum Gasteiger partial charge on any atom is -0.496 e. The van der Waals surface area contributed by atoms with E-state index in [0.29, 0.717) is 30.8 Å². The van der Waals surface area contributed by atoms with E-state index in [1.54, 1.807) is 7.11 Å². The molecule has 0 aromatic heterocycles. The lowest BCUT2D eigenvalue weighted by Crippen LogP contribution is -2.30. The van der Waals surface area contributed by atoms with Crippen LogP contribution in [0.2, 0.25) is 0 Å². The van der Waals surface area contributed by atoms with E-state index < -0.39 is 0 Å². The van der Waals surface area contributed by atoms with E-state index in [9.17, 15) is 0 Å². The van der Waals surface area contributed by atoms with Gasteiger partial charge in [-0.05, 0) is 54.5 Å². The molecule has 0 aliphatic rings. The number of nitrogens with two attached hydrogens (primary N) is 2. The van der Waals surface area contributed by atoms with E-state index in [1.807, 2.05) is 0 Å². The summed E-state index contributed by atoms with van der Waals surface area (Å²) in [4.78, 5) is 0. The highest BCUT2D eigenvalue weighted by molar-refractivity contribution is 5.39. The number of rotatable bonds is 7. The van der Waals surface area contributed by atoms with Crippen molar-refractivity contribution in [3.05, 3.63) is 29.3 Å². The molecular weight excluding hydrogens is 236 g/mol. The lowest BCUT2D eigenvalue weighted by atomic mass is 9.87. The fourth-order valence-electron chi connectivity index (χ4n) is 2.46. The fourth-order valence-corrected chi connectivity index (χ4v) is 2.46. The summed E-state index contributed by atoms with van der Waals surface area (Å²) in [6.07, 6.45) is 1.02. The van der Waals surface area contributed by atoms with Crippen LogP contribution >= 0.6 is 0 Å². The smallest absolute Gasteiger partial charge is 0.122 e. The van der Waals surface area contributed by atoms with E-state index in [2.05, 4.69) is 39.0 Å². The Hall–Kier alpha value is -1.06. The Morgan fingerprint density at radius 3 is 2.21 bits per heavy atom. The third kappa shape index (κ3) is 4.22. The molecule has 0 saturated heterocycles. The average molecular weight is 264 g/mol. The molecule has 0 spiro atoms. The van der Waals surface area contributed by atoms with Gasteiger partial charge in [0.15, 0.2) is 0 Å². The van der Waals surface area contributed by atoms with Gasteiger partial charge in [0, 0.05) is 0 Å². The highest BCUT2D eigenvalue weighted by atomic mass is 16.5. The van der Waals surface area contributed by atoms with Crippen LogP contribution in [-0.4, -0.2) is 20.2 Å². The van der Waals surface area contributed by atoms with E-state index in [-0.39, 0.29) is 0 Å². The van der Waals surface area contributed by atoms with Crippen LogP contribution in [0.1, 0.15) is 37.8 Å². The van der Waals surface area contributed by atoms with Crippen LogP contribution in [0.4, 0.5) is 0 Å². The molecule has 0 saturated carbocycles. The van der Waals surface area contributed by atoms with Gasteiger partial charge in [-0.2, -0.15) is 0 Å². The Morgan fingerprint density at radius 2 is 1.74 bits per heavy atom. The molecule has 0 aliphatic heterocycles. The lowest BCUT2D eigenvalue weighted by Gasteiger charge is -2.22. The number of hydrogen-bond acceptors (Lipinski definition) is 3. The Bertz CT molecular complexity index is 386. The molecule has 0 bridgehead atoms. The molecule has 1 rings (SSSR count). The average Bonchev–Trinajstić information content (AvgIpc) is 2.40. The molecule has 1 aromatic rings. The third-order valence-electron chi connectivity index (χ3n) is 3.88. The predicted molar refractivity (Wildman–Crippen MR) is 81.5 cm³/mol. The first kappa shape index (κ1) is 16.0. The molecule has 19 heavy (non-hydrogen) atoms. The minimum atomic E-state index is 0.393. The standard InChI is InChI=1S/C16H28N2O/c1-11(2)15-8-13(5-6-16(15)19-4)7-12(3)14(9-17)10-18/h5-6,8,11-12,14H,7,9-10,17-18H2,1-4H3. The second-order valence-electron chi connectivity index (χ2n) is 5.64. The molecule has 0 fully saturated rings. The first-order valence-electron chi connectivity index (χ1n) is 7.10. The van der Waals surface area contributed by atoms with Crippen LogP contribution in [0.15, 0.2) is 18.2 Å². The first-order chi connectivity index (χ1) is 9.03. The number of methoxy groups -OCH3 is 1. The Morgan fingerprint density at radius 1 is 1.11 bits per heavy atom. The highest BCUT2D eigenvalue weighted by Crippen LogP contribution is 2.28. The maximum atomic E-state index is 5.76. The fraction of sp³-hybridized carbons (Fsp3) is 0.625. The van der Waals surface area contributed by atoms with E-state index >= 15 is 0 Å². The summed E-state index contributed by atoms with van der Waals surface area (Å²) in [5.74, 6) is 2.33. The van der Waals surface area contributed by atoms with E-state index in [1.165, 1.54) is 11.1 Å². The summed E-state index contributed by atoms with van der Waals surface area (Å²) < 4.78 is 5.42. The van der Waals surface area contributed by atoms with Crippen molar-refractivity contribution in [3.63, 3.8) is 0 Å². The minimum absolute atomic E-state index is 0.393. The van der Waals surface area contributed by atoms with Gasteiger partial charge in [-0.3, -0.25) is 0 Å². The van der Waals surface area contributed by atoms with Crippen molar-refractivity contribution in [2.24, 2.45) is 23.3 Å². The molecule has 108 valence electrons. The Balaban J connectivity index is 2.87. The lowest BCUT2D eigenvalue weighted by molar-refractivity contribution is 0.371. The van der Waals surface area contributed by atoms with Gasteiger partial charge in [0.25, 0.3) is 0 Å². The Labute approximate surface area is 117 Å². The van der Waals surface area contributed by atoms with Gasteiger partial charge >= 0.3 is 0 Å². The zero-order valence-corrected chi connectivity index (χ0v) is 12.6. The van der Waals surface area contributed by atoms with Crippen molar-refractivity contribution in [3.8, 4) is 5.75 Å². The predicted octanol–water partition coefficient (Wildman–Crippen LogP) is 2.53. The number of ether oxygens (including phenoxy) is 1. The summed E-state index contributed by atoms with van der Waals surface area (Å²) in [5.41, 5.74) is 14.1. The third-order valence-corrected chi connectivity index (χ3v) is 3.88. The van der Waals surface area contributed by atoms with Gasteiger partial charge in [-0.15, -0.1) is 0 Å². The zero-order valence-electron chi connectivity index (χ0n) is 12.6. The van der Waals surface area contributed by atoms with Crippen LogP contribution in [-0.2, 0) is 6.42 Å². The second-order valence-corrected chi connectivity index (χ2v) is 5.64. The van der Waals surface area contributed by atoms with Crippen molar-refractivity contribution in [2.45, 2.75) is 33.1 Å². The topological polar surface area (TPSA) is 61.3 Å². The highest BCUT2D eigenvalue weighted by Gasteiger charge is 2.16. The molecule has 3 nitrogen and oxygen atoms in total. The van der Waals surface area contributed by atoms with Crippen molar-refractivity contribution in [1.29, 1.82) is 0 Å². The molecule has 4 N–H and O–H groups in total. The molecule has 0 radical (unpaired) electrons. The van der Waals surface area contributed by atoms with Gasteiger partial charge in [0.2, 0.25) is 0 Å². The van der Waals surface area contributed by atoms with E-state index in [4.69, 9.17) is 16.2 Å². The molecule has 1 aromatic carbocycles. The molecule has 1 atom stereocenters. The first-order valence-corrected chi connectivity index (χ1v) is 7.10. The summed E-state index contributed by atoms with van der Waals surface area (Å²) >= 11 is 0. The maximum Gasteiger partial charge on any atom is 0.122 e. The van der Waals surface area contributed by atoms with Crippen molar-refractivity contribution >= 4 is 0 Å². The van der Waals surface area contributed by atoms with Gasteiger partial charge < -0.3 is 16.2 Å². The molecule has 1 unspecified atom stereocenters. The van der Waals surface area contributed by atoms with E-state index in [0.717, 1.165) is 12.2 Å². The van der Waals surface area contributed by atoms with Crippen LogP contribution in [0.3, 0.4) is 0 Å². The van der Waals surface area contributed by atoms with Crippen LogP contribution in [0.25, 0.3) is 0 Å². The largest absolute Gasteiger partial charge is 0.496 e. The number of benzene rings is 1. The summed E-state index contributed by atoms with van der Waals surface area (Å²) in [6.45, 7) is 7.92. The molecule has 0 heterocycles. The summed E-state index contributed by atoms with van der Waals surface area (Å²) in [5, 5.41) is 0. The quantitative estimate of drug-likeness (QED) is 0.795. The van der Waals surface area contributed by atoms with Gasteiger partial charge in [0.1, 0.15) is 5.75 Å². The van der Waals surface area contributed by atoms with Gasteiger partial charge in [0.05, 0.1) is 7.11 Å². The SMILES string of the molecule is COc1ccc(CC(C)C(CN)CN)cc1C(C)C. The Kier molecular flexibility index (Phi) is 6.32. The van der Waals surface area contributed by atoms with Gasteiger partial charge in [-0.25, -0.2) is 0 Å². The molecular formula is C16H28N2O. The zero-order chi connectivity index (χ0) is 14.4. The molecule has 0 amide bonds. The number of hydrogen-bond donors (Lipinski definition) is 2. The summed E-state index contributed by atoms with van der Waals surface area (Å²) in [7, 11) is 1.72. The van der Waals surface area contributed by atoms with Crippen LogP contribution in [0.5, 0.6) is 5.75 Å². The monoisotopic (exact) mass is 264 g/mol.